The summed E-state index contributed by atoms with van der Waals surface area (Å²) in [5.74, 6) is 0.337. The van der Waals surface area contributed by atoms with Crippen molar-refractivity contribution in [3.8, 4) is 0 Å². The van der Waals surface area contributed by atoms with Gasteiger partial charge in [-0.2, -0.15) is 11.8 Å². The second-order valence-corrected chi connectivity index (χ2v) is 6.00. The molecule has 20 heavy (non-hydrogen) atoms. The summed E-state index contributed by atoms with van der Waals surface area (Å²) >= 11 is 1.55. The zero-order valence-electron chi connectivity index (χ0n) is 12.0. The molecule has 110 valence electrons. The molecule has 0 bridgehead atoms. The predicted octanol–water partition coefficient (Wildman–Crippen LogP) is 2.51. The molecule has 5 heteroatoms. The number of rotatable bonds is 4. The van der Waals surface area contributed by atoms with Crippen molar-refractivity contribution >= 4 is 17.7 Å². The van der Waals surface area contributed by atoms with E-state index >= 15 is 0 Å². The second-order valence-electron chi connectivity index (χ2n) is 5.14. The van der Waals surface area contributed by atoms with Gasteiger partial charge in [0.25, 0.3) is 5.91 Å². The molecule has 3 nitrogen and oxygen atoms in total. The van der Waals surface area contributed by atoms with Gasteiger partial charge in [-0.25, -0.2) is 4.39 Å². The molecule has 0 aliphatic carbocycles. The number of benzene rings is 1. The number of thioether (sulfide) groups is 1. The molecule has 0 aromatic heterocycles. The normalized spacial score (nSPS) is 16.1. The largest absolute Gasteiger partial charge is 0.339 e. The van der Waals surface area contributed by atoms with E-state index in [0.717, 1.165) is 25.9 Å². The van der Waals surface area contributed by atoms with Crippen molar-refractivity contribution in [3.63, 3.8) is 0 Å². The van der Waals surface area contributed by atoms with E-state index in [1.165, 1.54) is 6.07 Å². The van der Waals surface area contributed by atoms with Crippen molar-refractivity contribution in [1.29, 1.82) is 0 Å². The molecular formula is C15H21FN2OS. The van der Waals surface area contributed by atoms with Crippen LogP contribution in [0.25, 0.3) is 0 Å². The standard InChI is InChI=1S/C15H21FN2OS/c1-18(13-5-7-17-8-6-13)15(19)11-3-4-14(16)12(9-11)10-20-2/h3-4,9,13,17H,5-8,10H2,1-2H3. The molecule has 1 fully saturated rings. The molecule has 1 amide bonds. The van der Waals surface area contributed by atoms with Crippen LogP contribution in [0, 0.1) is 5.82 Å². The van der Waals surface area contributed by atoms with Crippen LogP contribution in [0.15, 0.2) is 18.2 Å². The summed E-state index contributed by atoms with van der Waals surface area (Å²) in [5, 5.41) is 3.29. The number of piperidine rings is 1. The minimum absolute atomic E-state index is 0.0146. The molecular weight excluding hydrogens is 275 g/mol. The Balaban J connectivity index is 2.13. The van der Waals surface area contributed by atoms with Gasteiger partial charge in [-0.05, 0) is 55.9 Å². The molecule has 2 rings (SSSR count). The molecule has 1 saturated heterocycles. The van der Waals surface area contributed by atoms with E-state index < -0.39 is 0 Å². The van der Waals surface area contributed by atoms with Crippen LogP contribution >= 0.6 is 11.8 Å². The Morgan fingerprint density at radius 3 is 2.80 bits per heavy atom. The van der Waals surface area contributed by atoms with E-state index in [1.807, 2.05) is 13.3 Å². The van der Waals surface area contributed by atoms with Gasteiger partial charge in [-0.15, -0.1) is 0 Å². The van der Waals surface area contributed by atoms with Crippen LogP contribution in [0.5, 0.6) is 0 Å². The first-order valence-corrected chi connectivity index (χ1v) is 8.28. The first kappa shape index (κ1) is 15.3. The third kappa shape index (κ3) is 3.52. The molecule has 0 unspecified atom stereocenters. The van der Waals surface area contributed by atoms with Gasteiger partial charge in [0.05, 0.1) is 0 Å². The number of nitrogens with zero attached hydrogens (tertiary/aromatic N) is 1. The fourth-order valence-corrected chi connectivity index (χ4v) is 3.07. The van der Waals surface area contributed by atoms with Crippen LogP contribution in [-0.2, 0) is 5.75 Å². The Morgan fingerprint density at radius 2 is 2.15 bits per heavy atom. The predicted molar refractivity (Wildman–Crippen MR) is 81.6 cm³/mol. The average Bonchev–Trinajstić information content (AvgIpc) is 2.49. The van der Waals surface area contributed by atoms with Crippen LogP contribution in [0.2, 0.25) is 0 Å². The molecule has 0 spiro atoms. The molecule has 1 aromatic rings. The first-order valence-electron chi connectivity index (χ1n) is 6.88. The maximum atomic E-state index is 13.6. The smallest absolute Gasteiger partial charge is 0.253 e. The Hall–Kier alpha value is -1.07. The van der Waals surface area contributed by atoms with Gasteiger partial charge in [0.2, 0.25) is 0 Å². The number of amides is 1. The van der Waals surface area contributed by atoms with Crippen molar-refractivity contribution in [1.82, 2.24) is 10.2 Å². The lowest BCUT2D eigenvalue weighted by molar-refractivity contribution is 0.0703. The molecule has 1 aliphatic heterocycles. The highest BCUT2D eigenvalue weighted by Gasteiger charge is 2.23. The number of hydrogen-bond donors (Lipinski definition) is 1. The maximum absolute atomic E-state index is 13.6. The molecule has 0 radical (unpaired) electrons. The van der Waals surface area contributed by atoms with Crippen molar-refractivity contribution in [2.75, 3.05) is 26.4 Å². The lowest BCUT2D eigenvalue weighted by Crippen LogP contribution is -2.44. The summed E-state index contributed by atoms with van der Waals surface area (Å²) in [7, 11) is 1.84. The first-order chi connectivity index (χ1) is 9.63. The Morgan fingerprint density at radius 1 is 1.45 bits per heavy atom. The van der Waals surface area contributed by atoms with Crippen molar-refractivity contribution < 1.29 is 9.18 Å². The lowest BCUT2D eigenvalue weighted by atomic mass is 10.0. The highest BCUT2D eigenvalue weighted by atomic mass is 32.2. The second kappa shape index (κ2) is 7.09. The zero-order chi connectivity index (χ0) is 14.5. The molecule has 0 atom stereocenters. The van der Waals surface area contributed by atoms with Crippen LogP contribution in [0.1, 0.15) is 28.8 Å². The Kier molecular flexibility index (Phi) is 5.43. The van der Waals surface area contributed by atoms with Crippen LogP contribution < -0.4 is 5.32 Å². The minimum atomic E-state index is -0.236. The van der Waals surface area contributed by atoms with Crippen molar-refractivity contribution in [2.24, 2.45) is 0 Å². The van der Waals surface area contributed by atoms with Crippen molar-refractivity contribution in [3.05, 3.63) is 35.1 Å². The van der Waals surface area contributed by atoms with Crippen molar-refractivity contribution in [2.45, 2.75) is 24.6 Å². The van der Waals surface area contributed by atoms with Crippen LogP contribution in [-0.4, -0.2) is 43.2 Å². The summed E-state index contributed by atoms with van der Waals surface area (Å²) in [4.78, 5) is 14.3. The third-order valence-corrected chi connectivity index (χ3v) is 4.37. The number of carbonyl (C=O) groups is 1. The lowest BCUT2D eigenvalue weighted by Gasteiger charge is -2.31. The van der Waals surface area contributed by atoms with Crippen LogP contribution in [0.3, 0.4) is 0 Å². The fourth-order valence-electron chi connectivity index (χ4n) is 2.54. The van der Waals surface area contributed by atoms with Gasteiger partial charge >= 0.3 is 0 Å². The average molecular weight is 296 g/mol. The van der Waals surface area contributed by atoms with Crippen LogP contribution in [0.4, 0.5) is 4.39 Å². The quantitative estimate of drug-likeness (QED) is 0.926. The summed E-state index contributed by atoms with van der Waals surface area (Å²) in [6, 6.07) is 4.94. The van der Waals surface area contributed by atoms with E-state index in [0.29, 0.717) is 16.9 Å². The molecule has 1 aromatic carbocycles. The van der Waals surface area contributed by atoms with Gasteiger partial charge in [0.15, 0.2) is 0 Å². The fraction of sp³-hybridized carbons (Fsp3) is 0.533. The van der Waals surface area contributed by atoms with E-state index in [-0.39, 0.29) is 17.8 Å². The van der Waals surface area contributed by atoms with E-state index in [9.17, 15) is 9.18 Å². The topological polar surface area (TPSA) is 32.3 Å². The van der Waals surface area contributed by atoms with Gasteiger partial charge in [-0.1, -0.05) is 0 Å². The molecule has 1 aliphatic rings. The molecule has 1 N–H and O–H groups in total. The van der Waals surface area contributed by atoms with E-state index in [4.69, 9.17) is 0 Å². The minimum Gasteiger partial charge on any atom is -0.339 e. The highest BCUT2D eigenvalue weighted by Crippen LogP contribution is 2.19. The summed E-state index contributed by atoms with van der Waals surface area (Å²) < 4.78 is 13.6. The SMILES string of the molecule is CSCc1cc(C(=O)N(C)C2CCNCC2)ccc1F. The number of hydrogen-bond acceptors (Lipinski definition) is 3. The van der Waals surface area contributed by atoms with Gasteiger partial charge in [0.1, 0.15) is 5.82 Å². The van der Waals surface area contributed by atoms with E-state index in [1.54, 1.807) is 28.8 Å². The number of carbonyl (C=O) groups excluding carboxylic acids is 1. The third-order valence-electron chi connectivity index (χ3n) is 3.77. The van der Waals surface area contributed by atoms with Gasteiger partial charge in [-0.3, -0.25) is 4.79 Å². The monoisotopic (exact) mass is 296 g/mol. The molecule has 1 heterocycles. The zero-order valence-corrected chi connectivity index (χ0v) is 12.8. The van der Waals surface area contributed by atoms with Gasteiger partial charge in [0, 0.05) is 24.4 Å². The summed E-state index contributed by atoms with van der Waals surface area (Å²) in [5.41, 5.74) is 1.18. The number of halogens is 1. The maximum Gasteiger partial charge on any atom is 0.253 e. The Bertz CT molecular complexity index is 475. The van der Waals surface area contributed by atoms with E-state index in [2.05, 4.69) is 5.32 Å². The highest BCUT2D eigenvalue weighted by molar-refractivity contribution is 7.97. The Labute approximate surface area is 123 Å². The molecule has 0 saturated carbocycles. The summed E-state index contributed by atoms with van der Waals surface area (Å²) in [6.45, 7) is 1.90. The summed E-state index contributed by atoms with van der Waals surface area (Å²) in [6.07, 6.45) is 3.87. The van der Waals surface area contributed by atoms with Gasteiger partial charge < -0.3 is 10.2 Å². The number of nitrogens with one attached hydrogen (secondary N) is 1.